The monoisotopic (exact) mass is 376 g/mol. The Labute approximate surface area is 164 Å². The number of nitrogens with two attached hydrogens (primary N) is 1. The van der Waals surface area contributed by atoms with E-state index >= 15 is 0 Å². The average molecular weight is 376 g/mol. The van der Waals surface area contributed by atoms with E-state index in [-0.39, 0.29) is 11.8 Å². The van der Waals surface area contributed by atoms with Crippen molar-refractivity contribution in [2.24, 2.45) is 5.73 Å². The highest BCUT2D eigenvalue weighted by Crippen LogP contribution is 2.19. The highest BCUT2D eigenvalue weighted by Gasteiger charge is 2.35. The summed E-state index contributed by atoms with van der Waals surface area (Å²) >= 11 is 0. The molecule has 1 fully saturated rings. The molecule has 2 atom stereocenters. The smallest absolute Gasteiger partial charge is 0.243 e. The zero-order valence-corrected chi connectivity index (χ0v) is 15.7. The van der Waals surface area contributed by atoms with Crippen molar-refractivity contribution in [2.45, 2.75) is 37.9 Å². The topological polar surface area (TPSA) is 99.2 Å². The van der Waals surface area contributed by atoms with Crippen molar-refractivity contribution in [3.63, 3.8) is 0 Å². The Balaban J connectivity index is 1.57. The van der Waals surface area contributed by atoms with Crippen molar-refractivity contribution in [3.8, 4) is 6.07 Å². The summed E-state index contributed by atoms with van der Waals surface area (Å²) in [5.41, 5.74) is 8.62. The minimum Gasteiger partial charge on any atom is -0.350 e. The highest BCUT2D eigenvalue weighted by atomic mass is 16.2. The lowest BCUT2D eigenvalue weighted by molar-refractivity contribution is -0.139. The van der Waals surface area contributed by atoms with Crippen LogP contribution in [-0.2, 0) is 22.6 Å². The Hall–Kier alpha value is -3.17. The van der Waals surface area contributed by atoms with Gasteiger partial charge >= 0.3 is 0 Å². The summed E-state index contributed by atoms with van der Waals surface area (Å²) in [5, 5.41) is 11.7. The van der Waals surface area contributed by atoms with E-state index in [4.69, 9.17) is 11.0 Å². The van der Waals surface area contributed by atoms with E-state index in [1.807, 2.05) is 42.5 Å². The van der Waals surface area contributed by atoms with Crippen LogP contribution in [0.25, 0.3) is 0 Å². The fourth-order valence-electron chi connectivity index (χ4n) is 3.48. The van der Waals surface area contributed by atoms with Crippen LogP contribution in [0.5, 0.6) is 0 Å². The molecule has 6 heteroatoms. The fourth-order valence-corrected chi connectivity index (χ4v) is 3.48. The standard InChI is InChI=1S/C22H24N4O2/c23-14-17-8-10-18(11-9-17)15-25-21(27)20-7-4-12-26(20)22(28)19(24)13-16-5-2-1-3-6-16/h1-3,5-6,8-11,19-20H,4,7,12-13,15,24H2,(H,25,27)/t19-,20+/m1/s1. The van der Waals surface area contributed by atoms with Gasteiger partial charge in [0, 0.05) is 13.1 Å². The summed E-state index contributed by atoms with van der Waals surface area (Å²) in [6.45, 7) is 0.912. The van der Waals surface area contributed by atoms with Crippen molar-refractivity contribution in [1.29, 1.82) is 5.26 Å². The molecular formula is C22H24N4O2. The molecule has 0 bridgehead atoms. The Morgan fingerprint density at radius 3 is 2.54 bits per heavy atom. The Bertz CT molecular complexity index is 858. The molecule has 0 aliphatic carbocycles. The third-order valence-corrected chi connectivity index (χ3v) is 5.00. The van der Waals surface area contributed by atoms with Gasteiger partial charge in [0.25, 0.3) is 0 Å². The molecule has 3 rings (SSSR count). The molecule has 28 heavy (non-hydrogen) atoms. The normalized spacial score (nSPS) is 17.0. The fraction of sp³-hybridized carbons (Fsp3) is 0.318. The number of nitrogens with one attached hydrogen (secondary N) is 1. The highest BCUT2D eigenvalue weighted by molar-refractivity contribution is 5.90. The zero-order chi connectivity index (χ0) is 19.9. The second-order valence-electron chi connectivity index (χ2n) is 7.01. The predicted octanol–water partition coefficient (Wildman–Crippen LogP) is 1.74. The molecule has 0 aromatic heterocycles. The molecule has 1 aliphatic rings. The number of amides is 2. The molecule has 0 saturated carbocycles. The first-order valence-electron chi connectivity index (χ1n) is 9.45. The van der Waals surface area contributed by atoms with Crippen LogP contribution in [-0.4, -0.2) is 35.3 Å². The molecule has 0 unspecified atom stereocenters. The van der Waals surface area contributed by atoms with Crippen LogP contribution in [0, 0.1) is 11.3 Å². The zero-order valence-electron chi connectivity index (χ0n) is 15.7. The first-order chi connectivity index (χ1) is 13.6. The van der Waals surface area contributed by atoms with E-state index in [9.17, 15) is 9.59 Å². The van der Waals surface area contributed by atoms with Gasteiger partial charge in [0.1, 0.15) is 6.04 Å². The quantitative estimate of drug-likeness (QED) is 0.802. The summed E-state index contributed by atoms with van der Waals surface area (Å²) in [6, 6.07) is 17.6. The number of nitrogens with zero attached hydrogens (tertiary/aromatic N) is 2. The Morgan fingerprint density at radius 1 is 1.14 bits per heavy atom. The molecule has 1 saturated heterocycles. The third kappa shape index (κ3) is 4.76. The van der Waals surface area contributed by atoms with Gasteiger partial charge in [-0.1, -0.05) is 42.5 Å². The van der Waals surface area contributed by atoms with Gasteiger partial charge in [-0.25, -0.2) is 0 Å². The van der Waals surface area contributed by atoms with Gasteiger partial charge < -0.3 is 16.0 Å². The minimum atomic E-state index is -0.658. The number of benzene rings is 2. The van der Waals surface area contributed by atoms with Crippen LogP contribution in [0.3, 0.4) is 0 Å². The van der Waals surface area contributed by atoms with Crippen LogP contribution >= 0.6 is 0 Å². The van der Waals surface area contributed by atoms with Crippen molar-refractivity contribution in [1.82, 2.24) is 10.2 Å². The first-order valence-corrected chi connectivity index (χ1v) is 9.45. The first kappa shape index (κ1) is 19.6. The number of rotatable bonds is 6. The maximum Gasteiger partial charge on any atom is 0.243 e. The second kappa shape index (κ2) is 9.16. The van der Waals surface area contributed by atoms with E-state index in [0.717, 1.165) is 17.5 Å². The number of likely N-dealkylation sites (tertiary alicyclic amines) is 1. The van der Waals surface area contributed by atoms with Crippen molar-refractivity contribution >= 4 is 11.8 Å². The van der Waals surface area contributed by atoms with Gasteiger partial charge in [0.15, 0.2) is 0 Å². The lowest BCUT2D eigenvalue weighted by atomic mass is 10.1. The number of carbonyl (C=O) groups excluding carboxylic acids is 2. The maximum absolute atomic E-state index is 12.8. The van der Waals surface area contributed by atoms with Gasteiger partial charge in [-0.3, -0.25) is 9.59 Å². The molecule has 144 valence electrons. The molecule has 1 heterocycles. The summed E-state index contributed by atoms with van der Waals surface area (Å²) in [7, 11) is 0. The van der Waals surface area contributed by atoms with Gasteiger partial charge in [0.05, 0.1) is 17.7 Å². The van der Waals surface area contributed by atoms with Gasteiger partial charge in [-0.05, 0) is 42.5 Å². The summed E-state index contributed by atoms with van der Waals surface area (Å²) in [6.07, 6.45) is 1.89. The van der Waals surface area contributed by atoms with Gasteiger partial charge in [0.2, 0.25) is 11.8 Å². The predicted molar refractivity (Wildman–Crippen MR) is 106 cm³/mol. The van der Waals surface area contributed by atoms with Crippen molar-refractivity contribution in [2.75, 3.05) is 6.54 Å². The molecule has 1 aliphatic heterocycles. The summed E-state index contributed by atoms with van der Waals surface area (Å²) < 4.78 is 0. The molecule has 0 spiro atoms. The largest absolute Gasteiger partial charge is 0.350 e. The van der Waals surface area contributed by atoms with Crippen LogP contribution in [0.15, 0.2) is 54.6 Å². The molecule has 3 N–H and O–H groups in total. The van der Waals surface area contributed by atoms with E-state index < -0.39 is 12.1 Å². The number of hydrogen-bond acceptors (Lipinski definition) is 4. The Morgan fingerprint density at radius 2 is 1.86 bits per heavy atom. The minimum absolute atomic E-state index is 0.165. The molecule has 2 aromatic rings. The van der Waals surface area contributed by atoms with E-state index in [2.05, 4.69) is 11.4 Å². The molecular weight excluding hydrogens is 352 g/mol. The van der Waals surface area contributed by atoms with Gasteiger partial charge in [-0.15, -0.1) is 0 Å². The number of hydrogen-bond donors (Lipinski definition) is 2. The lowest BCUT2D eigenvalue weighted by Crippen LogP contribution is -2.51. The SMILES string of the molecule is N#Cc1ccc(CNC(=O)[C@@H]2CCCN2C(=O)[C@H](N)Cc2ccccc2)cc1. The van der Waals surface area contributed by atoms with Crippen molar-refractivity contribution in [3.05, 3.63) is 71.3 Å². The van der Waals surface area contributed by atoms with Crippen LogP contribution in [0.4, 0.5) is 0 Å². The second-order valence-corrected chi connectivity index (χ2v) is 7.01. The van der Waals surface area contributed by atoms with E-state index in [1.54, 1.807) is 17.0 Å². The number of carbonyl (C=O) groups is 2. The average Bonchev–Trinajstić information content (AvgIpc) is 3.22. The molecule has 6 nitrogen and oxygen atoms in total. The summed E-state index contributed by atoms with van der Waals surface area (Å²) in [5.74, 6) is -0.345. The summed E-state index contributed by atoms with van der Waals surface area (Å²) in [4.78, 5) is 27.1. The molecule has 2 amide bonds. The molecule has 2 aromatic carbocycles. The Kier molecular flexibility index (Phi) is 6.41. The van der Waals surface area contributed by atoms with Crippen LogP contribution in [0.1, 0.15) is 29.5 Å². The van der Waals surface area contributed by atoms with E-state index in [0.29, 0.717) is 31.5 Å². The third-order valence-electron chi connectivity index (χ3n) is 5.00. The maximum atomic E-state index is 12.8. The van der Waals surface area contributed by atoms with Crippen LogP contribution < -0.4 is 11.1 Å². The van der Waals surface area contributed by atoms with Crippen LogP contribution in [0.2, 0.25) is 0 Å². The lowest BCUT2D eigenvalue weighted by Gasteiger charge is -2.26. The molecule has 0 radical (unpaired) electrons. The van der Waals surface area contributed by atoms with E-state index in [1.165, 1.54) is 0 Å². The van der Waals surface area contributed by atoms with Crippen molar-refractivity contribution < 1.29 is 9.59 Å². The number of nitriles is 1. The van der Waals surface area contributed by atoms with Gasteiger partial charge in [-0.2, -0.15) is 5.26 Å².